The second kappa shape index (κ2) is 12.2. The van der Waals surface area contributed by atoms with E-state index >= 15 is 0 Å². The number of carbonyl (C=O) groups is 1. The molecule has 0 saturated carbocycles. The third kappa shape index (κ3) is 5.30. The predicted octanol–water partition coefficient (Wildman–Crippen LogP) is 4.46. The first kappa shape index (κ1) is 28.3. The van der Waals surface area contributed by atoms with Gasteiger partial charge in [0.25, 0.3) is 5.56 Å². The average Bonchev–Trinajstić information content (AvgIpc) is 3.63. The van der Waals surface area contributed by atoms with Crippen molar-refractivity contribution in [1.82, 2.24) is 4.57 Å². The van der Waals surface area contributed by atoms with Crippen molar-refractivity contribution in [3.8, 4) is 23.0 Å². The molecule has 0 unspecified atom stereocenters. The van der Waals surface area contributed by atoms with Gasteiger partial charge in [-0.05, 0) is 43.2 Å². The standard InChI is InChI=1S/C33H30N2O7S/c1-4-16-40-30-22(12-9-13-24(30)38-3)29-27(32(37)39-5-2)28(21-10-7-6-8-11-21)34-33-35(29)31(36)26(43-33)18-20-14-15-23-25(17-20)42-19-41-23/h6-15,17-18,29H,4-5,16,19H2,1-3H3/t29-/m0/s1. The van der Waals surface area contributed by atoms with Crippen LogP contribution in [-0.4, -0.2) is 37.7 Å². The summed E-state index contributed by atoms with van der Waals surface area (Å²) >= 11 is 1.25. The van der Waals surface area contributed by atoms with E-state index in [0.29, 0.717) is 50.2 Å². The molecule has 0 radical (unpaired) electrons. The normalized spacial score (nSPS) is 15.6. The third-order valence-electron chi connectivity index (χ3n) is 7.04. The van der Waals surface area contributed by atoms with Gasteiger partial charge < -0.3 is 23.7 Å². The molecular weight excluding hydrogens is 568 g/mol. The molecule has 0 amide bonds. The maximum atomic E-state index is 14.3. The predicted molar refractivity (Wildman–Crippen MR) is 162 cm³/mol. The van der Waals surface area contributed by atoms with E-state index in [-0.39, 0.29) is 24.5 Å². The molecule has 0 aliphatic carbocycles. The second-order valence-corrected chi connectivity index (χ2v) is 10.8. The van der Waals surface area contributed by atoms with E-state index in [1.165, 1.54) is 11.3 Å². The number of methoxy groups -OCH3 is 1. The Morgan fingerprint density at radius 2 is 1.88 bits per heavy atom. The second-order valence-electron chi connectivity index (χ2n) is 9.77. The molecule has 0 fully saturated rings. The van der Waals surface area contributed by atoms with Gasteiger partial charge in [0.2, 0.25) is 6.79 Å². The number of rotatable bonds is 9. The van der Waals surface area contributed by atoms with Gasteiger partial charge in [0.1, 0.15) is 6.04 Å². The zero-order valence-electron chi connectivity index (χ0n) is 24.0. The number of benzene rings is 3. The molecule has 0 N–H and O–H groups in total. The Labute approximate surface area is 251 Å². The van der Waals surface area contributed by atoms with E-state index in [4.69, 9.17) is 28.7 Å². The van der Waals surface area contributed by atoms with E-state index in [0.717, 1.165) is 17.5 Å². The van der Waals surface area contributed by atoms with Crippen LogP contribution in [-0.2, 0) is 9.53 Å². The number of nitrogens with zero attached hydrogens (tertiary/aromatic N) is 2. The van der Waals surface area contributed by atoms with Crippen LogP contribution >= 0.6 is 11.3 Å². The average molecular weight is 599 g/mol. The fourth-order valence-corrected chi connectivity index (χ4v) is 6.16. The van der Waals surface area contributed by atoms with Crippen molar-refractivity contribution >= 4 is 29.1 Å². The number of thiazole rings is 1. The fourth-order valence-electron chi connectivity index (χ4n) is 5.16. The number of hydrogen-bond donors (Lipinski definition) is 0. The summed E-state index contributed by atoms with van der Waals surface area (Å²) in [4.78, 5) is 33.4. The van der Waals surface area contributed by atoms with Crippen LogP contribution in [0.15, 0.2) is 82.1 Å². The van der Waals surface area contributed by atoms with Gasteiger partial charge in [0, 0.05) is 11.1 Å². The Bertz CT molecular complexity index is 1890. The summed E-state index contributed by atoms with van der Waals surface area (Å²) in [5.74, 6) is 1.66. The molecule has 4 aromatic rings. The molecule has 0 bridgehead atoms. The molecule has 9 nitrogen and oxygen atoms in total. The summed E-state index contributed by atoms with van der Waals surface area (Å²) in [6, 6.07) is 19.5. The minimum atomic E-state index is -0.897. The minimum Gasteiger partial charge on any atom is -0.493 e. The smallest absolute Gasteiger partial charge is 0.338 e. The molecule has 2 aliphatic heterocycles. The van der Waals surface area contributed by atoms with Crippen LogP contribution in [0.4, 0.5) is 0 Å². The molecule has 1 atom stereocenters. The molecule has 1 aromatic heterocycles. The van der Waals surface area contributed by atoms with E-state index in [9.17, 15) is 9.59 Å². The molecular formula is C33H30N2O7S. The molecule has 10 heteroatoms. The lowest BCUT2D eigenvalue weighted by atomic mass is 9.92. The quantitative estimate of drug-likeness (QED) is 0.263. The van der Waals surface area contributed by atoms with Crippen molar-refractivity contribution in [3.63, 3.8) is 0 Å². The third-order valence-corrected chi connectivity index (χ3v) is 8.03. The summed E-state index contributed by atoms with van der Waals surface area (Å²) in [6.07, 6.45) is 2.55. The first-order chi connectivity index (χ1) is 21.0. The summed E-state index contributed by atoms with van der Waals surface area (Å²) in [7, 11) is 1.56. The molecule has 3 heterocycles. The summed E-state index contributed by atoms with van der Waals surface area (Å²) in [5.41, 5.74) is 2.46. The summed E-state index contributed by atoms with van der Waals surface area (Å²) in [6.45, 7) is 4.48. The zero-order valence-corrected chi connectivity index (χ0v) is 24.8. The highest BCUT2D eigenvalue weighted by molar-refractivity contribution is 7.07. The number of hydrogen-bond acceptors (Lipinski definition) is 9. The van der Waals surface area contributed by atoms with Crippen molar-refractivity contribution in [1.29, 1.82) is 0 Å². The van der Waals surface area contributed by atoms with Crippen molar-refractivity contribution in [2.24, 2.45) is 4.99 Å². The van der Waals surface area contributed by atoms with Crippen molar-refractivity contribution in [2.75, 3.05) is 27.1 Å². The molecule has 2 aliphatic rings. The van der Waals surface area contributed by atoms with Crippen molar-refractivity contribution in [3.05, 3.63) is 109 Å². The van der Waals surface area contributed by atoms with Gasteiger partial charge in [-0.25, -0.2) is 9.79 Å². The van der Waals surface area contributed by atoms with Gasteiger partial charge in [-0.2, -0.15) is 0 Å². The highest BCUT2D eigenvalue weighted by atomic mass is 32.1. The number of fused-ring (bicyclic) bond motifs is 2. The van der Waals surface area contributed by atoms with Gasteiger partial charge >= 0.3 is 5.97 Å². The number of carbonyl (C=O) groups excluding carboxylic acids is 1. The van der Waals surface area contributed by atoms with Gasteiger partial charge in [0.05, 0.1) is 36.1 Å². The van der Waals surface area contributed by atoms with Crippen LogP contribution in [0.5, 0.6) is 23.0 Å². The van der Waals surface area contributed by atoms with Crippen LogP contribution < -0.4 is 33.8 Å². The van der Waals surface area contributed by atoms with Crippen LogP contribution in [0, 0.1) is 0 Å². The maximum Gasteiger partial charge on any atom is 0.338 e. The van der Waals surface area contributed by atoms with E-state index in [1.54, 1.807) is 30.7 Å². The monoisotopic (exact) mass is 598 g/mol. The Morgan fingerprint density at radius 1 is 1.07 bits per heavy atom. The van der Waals surface area contributed by atoms with E-state index in [2.05, 4.69) is 0 Å². The molecule has 0 saturated heterocycles. The highest BCUT2D eigenvalue weighted by Gasteiger charge is 2.37. The highest BCUT2D eigenvalue weighted by Crippen LogP contribution is 2.42. The number of para-hydroxylation sites is 1. The minimum absolute atomic E-state index is 0.156. The van der Waals surface area contributed by atoms with Crippen LogP contribution in [0.3, 0.4) is 0 Å². The fraction of sp³-hybridized carbons (Fsp3) is 0.242. The van der Waals surface area contributed by atoms with E-state index in [1.807, 2.05) is 67.6 Å². The lowest BCUT2D eigenvalue weighted by Crippen LogP contribution is -2.40. The van der Waals surface area contributed by atoms with Crippen molar-refractivity contribution < 1.29 is 28.5 Å². The SMILES string of the molecule is CCCOc1c(OC)cccc1[C@H]1C(C(=O)OCC)=C(c2ccccc2)N=c2sc(=Cc3ccc4c(c3)OCO4)c(=O)n21. The molecule has 43 heavy (non-hydrogen) atoms. The largest absolute Gasteiger partial charge is 0.493 e. The Kier molecular flexibility index (Phi) is 8.02. The molecule has 0 spiro atoms. The van der Waals surface area contributed by atoms with Gasteiger partial charge in [-0.15, -0.1) is 0 Å². The lowest BCUT2D eigenvalue weighted by molar-refractivity contribution is -0.138. The number of ether oxygens (including phenoxy) is 5. The van der Waals surface area contributed by atoms with E-state index < -0.39 is 12.0 Å². The van der Waals surface area contributed by atoms with Gasteiger partial charge in [-0.3, -0.25) is 9.36 Å². The first-order valence-electron chi connectivity index (χ1n) is 14.0. The number of esters is 1. The maximum absolute atomic E-state index is 14.3. The van der Waals surface area contributed by atoms with Gasteiger partial charge in [0.15, 0.2) is 27.8 Å². The zero-order chi connectivity index (χ0) is 29.9. The topological polar surface area (TPSA) is 97.6 Å². The van der Waals surface area contributed by atoms with Crippen molar-refractivity contribution in [2.45, 2.75) is 26.3 Å². The van der Waals surface area contributed by atoms with Gasteiger partial charge in [-0.1, -0.05) is 66.8 Å². The lowest BCUT2D eigenvalue weighted by Gasteiger charge is -2.27. The molecule has 220 valence electrons. The summed E-state index contributed by atoms with van der Waals surface area (Å²) in [5, 5.41) is 0. The van der Waals surface area contributed by atoms with Crippen LogP contribution in [0.2, 0.25) is 0 Å². The summed E-state index contributed by atoms with van der Waals surface area (Å²) < 4.78 is 30.4. The first-order valence-corrected chi connectivity index (χ1v) is 14.8. The number of aromatic nitrogens is 1. The molecule has 6 rings (SSSR count). The van der Waals surface area contributed by atoms with Crippen LogP contribution in [0.25, 0.3) is 11.8 Å². The Balaban J connectivity index is 1.65. The Morgan fingerprint density at radius 3 is 2.65 bits per heavy atom. The molecule has 3 aromatic carbocycles. The Hall–Kier alpha value is -4.83. The van der Waals surface area contributed by atoms with Crippen LogP contribution in [0.1, 0.15) is 43.0 Å².